The maximum atomic E-state index is 4.15. The summed E-state index contributed by atoms with van der Waals surface area (Å²) in [5, 5.41) is 0. The summed E-state index contributed by atoms with van der Waals surface area (Å²) in [6.45, 7) is 13.4. The molecule has 0 N–H and O–H groups in total. The van der Waals surface area contributed by atoms with Gasteiger partial charge in [0, 0.05) is 0 Å². The average Bonchev–Trinajstić information content (AvgIpc) is 2.02. The van der Waals surface area contributed by atoms with Crippen LogP contribution in [0.5, 0.6) is 0 Å². The van der Waals surface area contributed by atoms with Crippen molar-refractivity contribution in [3.63, 3.8) is 0 Å². The molecule has 2 radical (unpaired) electrons. The molecule has 2 atom stereocenters. The molecule has 84 valence electrons. The van der Waals surface area contributed by atoms with Gasteiger partial charge in [-0.15, -0.1) is 0 Å². The fraction of sp³-hybridized carbons (Fsp3) is 0.857. The quantitative estimate of drug-likeness (QED) is 0.518. The van der Waals surface area contributed by atoms with Gasteiger partial charge in [-0.3, -0.25) is 0 Å². The molecule has 0 aromatic carbocycles. The molecule has 0 rings (SSSR count). The van der Waals surface area contributed by atoms with E-state index in [1.807, 2.05) is 0 Å². The second kappa shape index (κ2) is 8.32. The van der Waals surface area contributed by atoms with Crippen LogP contribution in [0.25, 0.3) is 0 Å². The van der Waals surface area contributed by atoms with Crippen LogP contribution in [0.2, 0.25) is 0 Å². The summed E-state index contributed by atoms with van der Waals surface area (Å²) < 4.78 is 0. The average molecular weight is 196 g/mol. The van der Waals surface area contributed by atoms with Gasteiger partial charge < -0.3 is 0 Å². The molecule has 0 aromatic heterocycles. The van der Waals surface area contributed by atoms with E-state index in [9.17, 15) is 0 Å². The van der Waals surface area contributed by atoms with Gasteiger partial charge in [-0.05, 0) is 43.4 Å². The molecule has 0 nitrogen and oxygen atoms in total. The molecule has 0 bridgehead atoms. The van der Waals surface area contributed by atoms with Crippen molar-refractivity contribution >= 4 is 0 Å². The van der Waals surface area contributed by atoms with E-state index in [0.717, 1.165) is 11.8 Å². The summed E-state index contributed by atoms with van der Waals surface area (Å²) in [5.74, 6) is 2.33. The molecule has 0 spiro atoms. The summed E-state index contributed by atoms with van der Waals surface area (Å²) in [4.78, 5) is 0. The lowest BCUT2D eigenvalue weighted by Gasteiger charge is -2.15. The molecule has 0 heterocycles. The highest BCUT2D eigenvalue weighted by Crippen LogP contribution is 2.19. The summed E-state index contributed by atoms with van der Waals surface area (Å²) in [6, 6.07) is 0. The van der Waals surface area contributed by atoms with Crippen LogP contribution in [-0.2, 0) is 0 Å². The van der Waals surface area contributed by atoms with Crippen molar-refractivity contribution in [1.29, 1.82) is 0 Å². The van der Waals surface area contributed by atoms with Crippen molar-refractivity contribution in [3.8, 4) is 0 Å². The van der Waals surface area contributed by atoms with E-state index >= 15 is 0 Å². The minimum Gasteiger partial charge on any atom is -0.0654 e. The molecule has 0 aromatic rings. The van der Waals surface area contributed by atoms with Crippen LogP contribution in [0, 0.1) is 31.1 Å². The monoisotopic (exact) mass is 196 g/mol. The van der Waals surface area contributed by atoms with Gasteiger partial charge in [0.05, 0.1) is 0 Å². The third-order valence-electron chi connectivity index (χ3n) is 2.64. The van der Waals surface area contributed by atoms with Gasteiger partial charge in [0.25, 0.3) is 0 Å². The zero-order valence-corrected chi connectivity index (χ0v) is 10.6. The molecule has 0 aliphatic heterocycles. The van der Waals surface area contributed by atoms with Gasteiger partial charge in [0.1, 0.15) is 0 Å². The standard InChI is InChI=1S/C14H28/c1-6-8-13(4)9-7-10-14(5)11-12(2)3/h7,12-14H,4,6,8-11H2,1-3,5H3. The number of hydrogen-bond donors (Lipinski definition) is 0. The first-order chi connectivity index (χ1) is 6.56. The molecule has 0 amide bonds. The minimum atomic E-state index is 0.645. The van der Waals surface area contributed by atoms with E-state index in [-0.39, 0.29) is 0 Å². The van der Waals surface area contributed by atoms with Crippen molar-refractivity contribution in [3.05, 3.63) is 13.3 Å². The second-order valence-corrected chi connectivity index (χ2v) is 5.15. The predicted octanol–water partition coefficient (Wildman–Crippen LogP) is 4.90. The van der Waals surface area contributed by atoms with E-state index in [2.05, 4.69) is 41.0 Å². The first-order valence-corrected chi connectivity index (χ1v) is 6.21. The fourth-order valence-corrected chi connectivity index (χ4v) is 2.04. The Morgan fingerprint density at radius 2 is 1.79 bits per heavy atom. The summed E-state index contributed by atoms with van der Waals surface area (Å²) >= 11 is 0. The smallest absolute Gasteiger partial charge is 0.0380 e. The molecule has 14 heavy (non-hydrogen) atoms. The van der Waals surface area contributed by atoms with Gasteiger partial charge in [0.15, 0.2) is 0 Å². The SMILES string of the molecule is [CH2]C(C[CH]CC(C)CC(C)C)CCC. The molecule has 0 saturated heterocycles. The highest BCUT2D eigenvalue weighted by Gasteiger charge is 2.06. The van der Waals surface area contributed by atoms with E-state index in [0.29, 0.717) is 5.92 Å². The molecule has 2 unspecified atom stereocenters. The highest BCUT2D eigenvalue weighted by molar-refractivity contribution is 4.75. The lowest BCUT2D eigenvalue weighted by atomic mass is 9.91. The molecule has 0 saturated carbocycles. The normalized spacial score (nSPS) is 15.9. The third-order valence-corrected chi connectivity index (χ3v) is 2.64. The van der Waals surface area contributed by atoms with Crippen LogP contribution in [0.3, 0.4) is 0 Å². The van der Waals surface area contributed by atoms with Crippen LogP contribution >= 0.6 is 0 Å². The Balaban J connectivity index is 3.34. The van der Waals surface area contributed by atoms with Gasteiger partial charge in [-0.25, -0.2) is 0 Å². The van der Waals surface area contributed by atoms with Gasteiger partial charge in [0.2, 0.25) is 0 Å². The molecule has 0 aliphatic rings. The molecular weight excluding hydrogens is 168 g/mol. The van der Waals surface area contributed by atoms with Crippen molar-refractivity contribution in [1.82, 2.24) is 0 Å². The van der Waals surface area contributed by atoms with Gasteiger partial charge in [-0.1, -0.05) is 47.5 Å². The minimum absolute atomic E-state index is 0.645. The van der Waals surface area contributed by atoms with Crippen molar-refractivity contribution in [2.24, 2.45) is 17.8 Å². The summed E-state index contributed by atoms with van der Waals surface area (Å²) in [5.41, 5.74) is 0. The lowest BCUT2D eigenvalue weighted by Crippen LogP contribution is -2.02. The Bertz CT molecular complexity index is 115. The molecule has 0 fully saturated rings. The van der Waals surface area contributed by atoms with Gasteiger partial charge >= 0.3 is 0 Å². The molecule has 0 heteroatoms. The first-order valence-electron chi connectivity index (χ1n) is 6.21. The lowest BCUT2D eigenvalue weighted by molar-refractivity contribution is 0.423. The summed E-state index contributed by atoms with van der Waals surface area (Å²) in [6.07, 6.45) is 8.81. The number of rotatable bonds is 8. The van der Waals surface area contributed by atoms with E-state index in [4.69, 9.17) is 0 Å². The highest BCUT2D eigenvalue weighted by atomic mass is 14.1. The zero-order valence-electron chi connectivity index (χ0n) is 10.6. The van der Waals surface area contributed by atoms with Gasteiger partial charge in [-0.2, -0.15) is 0 Å². The van der Waals surface area contributed by atoms with Crippen molar-refractivity contribution in [2.75, 3.05) is 0 Å². The Labute approximate surface area is 91.5 Å². The van der Waals surface area contributed by atoms with Crippen LogP contribution in [0.1, 0.15) is 59.8 Å². The maximum Gasteiger partial charge on any atom is -0.0380 e. The first kappa shape index (κ1) is 14.0. The summed E-state index contributed by atoms with van der Waals surface area (Å²) in [7, 11) is 0. The van der Waals surface area contributed by atoms with Crippen LogP contribution in [-0.4, -0.2) is 0 Å². The molecule has 0 aliphatic carbocycles. The Morgan fingerprint density at radius 3 is 2.29 bits per heavy atom. The fourth-order valence-electron chi connectivity index (χ4n) is 2.04. The van der Waals surface area contributed by atoms with Crippen LogP contribution in [0.4, 0.5) is 0 Å². The second-order valence-electron chi connectivity index (χ2n) is 5.15. The Kier molecular flexibility index (Phi) is 8.32. The number of hydrogen-bond acceptors (Lipinski definition) is 0. The molecular formula is C14H28. The van der Waals surface area contributed by atoms with Crippen molar-refractivity contribution < 1.29 is 0 Å². The van der Waals surface area contributed by atoms with Crippen LogP contribution in [0.15, 0.2) is 0 Å². The topological polar surface area (TPSA) is 0 Å². The Hall–Kier alpha value is 0. The van der Waals surface area contributed by atoms with Crippen molar-refractivity contribution in [2.45, 2.75) is 59.8 Å². The third kappa shape index (κ3) is 8.59. The Morgan fingerprint density at radius 1 is 1.14 bits per heavy atom. The predicted molar refractivity (Wildman–Crippen MR) is 65.9 cm³/mol. The largest absolute Gasteiger partial charge is 0.0654 e. The van der Waals surface area contributed by atoms with E-state index in [1.165, 1.54) is 32.1 Å². The van der Waals surface area contributed by atoms with Crippen LogP contribution < -0.4 is 0 Å². The maximum absolute atomic E-state index is 4.15. The zero-order chi connectivity index (χ0) is 11.0. The van der Waals surface area contributed by atoms with E-state index < -0.39 is 0 Å². The van der Waals surface area contributed by atoms with E-state index in [1.54, 1.807) is 0 Å².